The molecule has 0 fully saturated rings. The Morgan fingerprint density at radius 3 is 2.50 bits per heavy atom. The van der Waals surface area contributed by atoms with Crippen LogP contribution >= 0.6 is 0 Å². The maximum Gasteiger partial charge on any atom is 0.119 e. The van der Waals surface area contributed by atoms with Gasteiger partial charge in [-0.05, 0) is 62.1 Å². The van der Waals surface area contributed by atoms with E-state index in [1.165, 1.54) is 56.9 Å². The molecule has 122 valence electrons. The third-order valence-electron chi connectivity index (χ3n) is 4.71. The van der Waals surface area contributed by atoms with Crippen molar-refractivity contribution in [2.24, 2.45) is 5.92 Å². The van der Waals surface area contributed by atoms with Crippen molar-refractivity contribution in [3.8, 4) is 5.75 Å². The van der Waals surface area contributed by atoms with Gasteiger partial charge < -0.3 is 4.74 Å². The number of aryl methyl sites for hydroxylation is 1. The Balaban J connectivity index is 1.73. The van der Waals surface area contributed by atoms with Gasteiger partial charge in [0.15, 0.2) is 0 Å². The summed E-state index contributed by atoms with van der Waals surface area (Å²) in [5.74, 6) is 1.96. The van der Waals surface area contributed by atoms with E-state index in [2.05, 4.69) is 44.2 Å². The zero-order chi connectivity index (χ0) is 15.6. The van der Waals surface area contributed by atoms with Crippen molar-refractivity contribution in [2.45, 2.75) is 71.6 Å². The first-order valence-corrected chi connectivity index (χ1v) is 9.21. The maximum absolute atomic E-state index is 5.64. The van der Waals surface area contributed by atoms with Gasteiger partial charge in [0, 0.05) is 0 Å². The molecule has 1 nitrogen and oxygen atoms in total. The highest BCUT2D eigenvalue weighted by Crippen LogP contribution is 2.29. The molecule has 2 rings (SSSR count). The Kier molecular flexibility index (Phi) is 7.56. The highest BCUT2D eigenvalue weighted by Gasteiger charge is 2.13. The fraction of sp³-hybridized carbons (Fsp3) is 0.619. The van der Waals surface area contributed by atoms with Crippen molar-refractivity contribution in [1.29, 1.82) is 0 Å². The number of allylic oxidation sites excluding steroid dienone is 2. The molecule has 0 amide bonds. The van der Waals surface area contributed by atoms with Gasteiger partial charge in [-0.25, -0.2) is 0 Å². The fourth-order valence-electron chi connectivity index (χ4n) is 3.20. The molecule has 1 unspecified atom stereocenters. The molecule has 1 atom stereocenters. The lowest BCUT2D eigenvalue weighted by Crippen LogP contribution is -2.06. The maximum atomic E-state index is 5.64. The molecule has 0 saturated heterocycles. The van der Waals surface area contributed by atoms with Crippen LogP contribution in [-0.2, 0) is 6.42 Å². The summed E-state index contributed by atoms with van der Waals surface area (Å²) >= 11 is 0. The zero-order valence-electron chi connectivity index (χ0n) is 14.4. The molecule has 0 aromatic heterocycles. The molecule has 0 spiro atoms. The van der Waals surface area contributed by atoms with Crippen molar-refractivity contribution in [3.05, 3.63) is 41.5 Å². The normalized spacial score (nSPS) is 18.1. The van der Waals surface area contributed by atoms with Gasteiger partial charge in [-0.15, -0.1) is 0 Å². The Morgan fingerprint density at radius 1 is 1.05 bits per heavy atom. The second-order valence-corrected chi connectivity index (χ2v) is 6.64. The van der Waals surface area contributed by atoms with E-state index in [9.17, 15) is 0 Å². The average Bonchev–Trinajstić information content (AvgIpc) is 2.58. The summed E-state index contributed by atoms with van der Waals surface area (Å²) in [5, 5.41) is 0. The first-order valence-electron chi connectivity index (χ1n) is 9.21. The molecular formula is C21H32O. The number of benzene rings is 1. The van der Waals surface area contributed by atoms with E-state index in [1.54, 1.807) is 5.57 Å². The van der Waals surface area contributed by atoms with Crippen molar-refractivity contribution < 1.29 is 4.74 Å². The molecular weight excluding hydrogens is 268 g/mol. The topological polar surface area (TPSA) is 9.23 Å². The summed E-state index contributed by atoms with van der Waals surface area (Å²) in [5.41, 5.74) is 3.11. The van der Waals surface area contributed by atoms with E-state index in [1.807, 2.05) is 0 Å². The van der Waals surface area contributed by atoms with Crippen LogP contribution in [0.4, 0.5) is 0 Å². The summed E-state index contributed by atoms with van der Waals surface area (Å²) in [6.45, 7) is 5.24. The van der Waals surface area contributed by atoms with E-state index >= 15 is 0 Å². The lowest BCUT2D eigenvalue weighted by Gasteiger charge is -2.21. The van der Waals surface area contributed by atoms with E-state index in [0.717, 1.165) is 24.7 Å². The minimum atomic E-state index is 0.811. The minimum Gasteiger partial charge on any atom is -0.494 e. The number of ether oxygens (including phenoxy) is 1. The molecule has 0 aliphatic heterocycles. The van der Waals surface area contributed by atoms with Crippen LogP contribution in [0.5, 0.6) is 5.75 Å². The highest BCUT2D eigenvalue weighted by atomic mass is 16.5. The van der Waals surface area contributed by atoms with E-state index < -0.39 is 0 Å². The predicted octanol–water partition coefficient (Wildman–Crippen LogP) is 6.32. The standard InChI is InChI=1S/C21H32O/c1-3-5-6-18-7-9-19(10-8-18)11-12-20-13-15-21(16-14-20)22-17-4-2/h9,13-16,18H,3-8,10-12,17H2,1-2H3. The van der Waals surface area contributed by atoms with E-state index in [-0.39, 0.29) is 0 Å². The largest absolute Gasteiger partial charge is 0.494 e. The molecule has 1 aliphatic rings. The average molecular weight is 300 g/mol. The predicted molar refractivity (Wildman–Crippen MR) is 95.5 cm³/mol. The molecule has 1 heteroatoms. The van der Waals surface area contributed by atoms with Gasteiger partial charge >= 0.3 is 0 Å². The molecule has 0 bridgehead atoms. The lowest BCUT2D eigenvalue weighted by molar-refractivity contribution is 0.317. The number of unbranched alkanes of at least 4 members (excludes halogenated alkanes) is 1. The highest BCUT2D eigenvalue weighted by molar-refractivity contribution is 5.28. The van der Waals surface area contributed by atoms with Crippen LogP contribution < -0.4 is 4.74 Å². The van der Waals surface area contributed by atoms with Crippen molar-refractivity contribution in [1.82, 2.24) is 0 Å². The van der Waals surface area contributed by atoms with Gasteiger partial charge in [-0.3, -0.25) is 0 Å². The smallest absolute Gasteiger partial charge is 0.119 e. The zero-order valence-corrected chi connectivity index (χ0v) is 14.4. The van der Waals surface area contributed by atoms with Gasteiger partial charge in [0.1, 0.15) is 5.75 Å². The summed E-state index contributed by atoms with van der Waals surface area (Å²) in [7, 11) is 0. The minimum absolute atomic E-state index is 0.811. The van der Waals surface area contributed by atoms with Gasteiger partial charge in [-0.1, -0.05) is 56.9 Å². The van der Waals surface area contributed by atoms with Crippen LogP contribution in [0.2, 0.25) is 0 Å². The number of rotatable bonds is 9. The molecule has 0 radical (unpaired) electrons. The first-order chi connectivity index (χ1) is 10.8. The van der Waals surface area contributed by atoms with Crippen LogP contribution in [0, 0.1) is 5.92 Å². The van der Waals surface area contributed by atoms with Crippen molar-refractivity contribution in [3.63, 3.8) is 0 Å². The molecule has 0 N–H and O–H groups in total. The number of hydrogen-bond acceptors (Lipinski definition) is 1. The van der Waals surface area contributed by atoms with Crippen molar-refractivity contribution in [2.75, 3.05) is 6.61 Å². The molecule has 0 saturated carbocycles. The summed E-state index contributed by atoms with van der Waals surface area (Å²) in [4.78, 5) is 0. The Hall–Kier alpha value is -1.24. The molecule has 22 heavy (non-hydrogen) atoms. The third-order valence-corrected chi connectivity index (χ3v) is 4.71. The summed E-state index contributed by atoms with van der Waals surface area (Å²) in [6, 6.07) is 8.67. The summed E-state index contributed by atoms with van der Waals surface area (Å²) < 4.78 is 5.64. The van der Waals surface area contributed by atoms with E-state index in [4.69, 9.17) is 4.74 Å². The molecule has 0 heterocycles. The van der Waals surface area contributed by atoms with E-state index in [0.29, 0.717) is 0 Å². The van der Waals surface area contributed by atoms with Crippen LogP contribution in [0.25, 0.3) is 0 Å². The Labute approximate surface area is 136 Å². The Bertz CT molecular complexity index is 443. The second kappa shape index (κ2) is 9.71. The first kappa shape index (κ1) is 17.1. The second-order valence-electron chi connectivity index (χ2n) is 6.64. The SMILES string of the molecule is CCCCC1CC=C(CCc2ccc(OCCC)cc2)CC1. The quantitative estimate of drug-likeness (QED) is 0.484. The van der Waals surface area contributed by atoms with Crippen LogP contribution in [-0.4, -0.2) is 6.61 Å². The van der Waals surface area contributed by atoms with Gasteiger partial charge in [0.2, 0.25) is 0 Å². The third kappa shape index (κ3) is 5.87. The Morgan fingerprint density at radius 2 is 1.86 bits per heavy atom. The number of hydrogen-bond donors (Lipinski definition) is 0. The molecule has 1 aromatic rings. The lowest BCUT2D eigenvalue weighted by atomic mass is 9.84. The molecule has 1 aliphatic carbocycles. The van der Waals surface area contributed by atoms with Gasteiger partial charge in [0.25, 0.3) is 0 Å². The van der Waals surface area contributed by atoms with Gasteiger partial charge in [-0.2, -0.15) is 0 Å². The van der Waals surface area contributed by atoms with Crippen LogP contribution in [0.1, 0.15) is 70.8 Å². The summed E-state index contributed by atoms with van der Waals surface area (Å²) in [6.07, 6.45) is 14.2. The monoisotopic (exact) mass is 300 g/mol. The van der Waals surface area contributed by atoms with Crippen LogP contribution in [0.15, 0.2) is 35.9 Å². The van der Waals surface area contributed by atoms with Crippen LogP contribution in [0.3, 0.4) is 0 Å². The molecule has 1 aromatic carbocycles. The van der Waals surface area contributed by atoms with Gasteiger partial charge in [0.05, 0.1) is 6.61 Å². The van der Waals surface area contributed by atoms with Crippen molar-refractivity contribution >= 4 is 0 Å². The fourth-order valence-corrected chi connectivity index (χ4v) is 3.20.